The molecule has 0 saturated carbocycles. The van der Waals surface area contributed by atoms with Gasteiger partial charge in [-0.25, -0.2) is 0 Å². The molecule has 0 aliphatic heterocycles. The molecule has 90 valence electrons. The number of nitrogens with two attached hydrogens (primary N) is 1. The smallest absolute Gasteiger partial charge is 0.0843 e. The number of hydrazine groups is 1. The summed E-state index contributed by atoms with van der Waals surface area (Å²) in [6.07, 6.45) is 7.08. The van der Waals surface area contributed by atoms with E-state index in [1.54, 1.807) is 10.9 Å². The first-order valence-electron chi connectivity index (χ1n) is 5.48. The Kier molecular flexibility index (Phi) is 3.79. The van der Waals surface area contributed by atoms with Gasteiger partial charge in [-0.1, -0.05) is 11.3 Å². The minimum Gasteiger partial charge on any atom is -0.271 e. The van der Waals surface area contributed by atoms with Crippen molar-refractivity contribution in [2.24, 2.45) is 12.9 Å². The highest BCUT2D eigenvalue weighted by Crippen LogP contribution is 2.05. The molecule has 0 amide bonds. The van der Waals surface area contributed by atoms with Crippen LogP contribution in [0.5, 0.6) is 0 Å². The summed E-state index contributed by atoms with van der Waals surface area (Å²) in [6.45, 7) is 0. The number of aryl methyl sites for hydroxylation is 1. The Bertz CT molecular complexity index is 452. The molecule has 0 aliphatic carbocycles. The predicted octanol–water partition coefficient (Wildman–Crippen LogP) is -0.173. The van der Waals surface area contributed by atoms with Crippen molar-refractivity contribution in [3.05, 3.63) is 42.0 Å². The minimum atomic E-state index is 0.135. The molecule has 2 rings (SSSR count). The van der Waals surface area contributed by atoms with Crippen LogP contribution in [0.15, 0.2) is 30.7 Å². The van der Waals surface area contributed by atoms with Crippen LogP contribution < -0.4 is 11.3 Å². The highest BCUT2D eigenvalue weighted by atomic mass is 15.4. The second-order valence-electron chi connectivity index (χ2n) is 4.02. The molecular formula is C11H16N6. The summed E-state index contributed by atoms with van der Waals surface area (Å²) < 4.78 is 1.69. The highest BCUT2D eigenvalue weighted by molar-refractivity contribution is 5.11. The van der Waals surface area contributed by atoms with Gasteiger partial charge in [-0.05, 0) is 18.1 Å². The van der Waals surface area contributed by atoms with E-state index < -0.39 is 0 Å². The molecule has 17 heavy (non-hydrogen) atoms. The average Bonchev–Trinajstić information content (AvgIpc) is 2.75. The van der Waals surface area contributed by atoms with Crippen molar-refractivity contribution in [1.82, 2.24) is 25.4 Å². The van der Waals surface area contributed by atoms with Crippen LogP contribution in [-0.4, -0.2) is 26.0 Å². The first-order valence-corrected chi connectivity index (χ1v) is 5.48. The van der Waals surface area contributed by atoms with Crippen LogP contribution in [0.2, 0.25) is 0 Å². The number of hydrogen-bond acceptors (Lipinski definition) is 5. The van der Waals surface area contributed by atoms with Crippen LogP contribution in [0, 0.1) is 0 Å². The van der Waals surface area contributed by atoms with Crippen molar-refractivity contribution >= 4 is 0 Å². The van der Waals surface area contributed by atoms with Crippen LogP contribution in [0.1, 0.15) is 11.3 Å². The fraction of sp³-hybridized carbons (Fsp3) is 0.364. The molecule has 0 bridgehead atoms. The molecule has 0 aromatic carbocycles. The maximum absolute atomic E-state index is 5.55. The summed E-state index contributed by atoms with van der Waals surface area (Å²) in [6, 6.07) is 4.09. The lowest BCUT2D eigenvalue weighted by Crippen LogP contribution is -2.38. The SMILES string of the molecule is Cn1cc(CC(Cc2cccnc2)NN)nn1. The standard InChI is InChI=1S/C11H16N6/c1-17-8-11(15-16-17)6-10(14-12)5-9-3-2-4-13-7-9/h2-4,7-8,10,14H,5-6,12H2,1H3. The summed E-state index contributed by atoms with van der Waals surface area (Å²) in [7, 11) is 1.85. The van der Waals surface area contributed by atoms with Crippen molar-refractivity contribution in [3.8, 4) is 0 Å². The Morgan fingerprint density at radius 2 is 2.35 bits per heavy atom. The molecule has 0 fully saturated rings. The van der Waals surface area contributed by atoms with Gasteiger partial charge in [0.15, 0.2) is 0 Å². The highest BCUT2D eigenvalue weighted by Gasteiger charge is 2.11. The van der Waals surface area contributed by atoms with Gasteiger partial charge in [0, 0.05) is 38.1 Å². The Morgan fingerprint density at radius 1 is 1.47 bits per heavy atom. The van der Waals surface area contributed by atoms with E-state index in [4.69, 9.17) is 5.84 Å². The van der Waals surface area contributed by atoms with Crippen LogP contribution in [0.4, 0.5) is 0 Å². The third kappa shape index (κ3) is 3.33. The van der Waals surface area contributed by atoms with Crippen molar-refractivity contribution in [3.63, 3.8) is 0 Å². The van der Waals surface area contributed by atoms with Gasteiger partial charge in [0.05, 0.1) is 5.69 Å². The van der Waals surface area contributed by atoms with E-state index >= 15 is 0 Å². The molecule has 1 atom stereocenters. The summed E-state index contributed by atoms with van der Waals surface area (Å²) in [5, 5.41) is 7.94. The second kappa shape index (κ2) is 5.51. The normalized spacial score (nSPS) is 12.6. The average molecular weight is 232 g/mol. The zero-order valence-corrected chi connectivity index (χ0v) is 9.74. The van der Waals surface area contributed by atoms with E-state index in [2.05, 4.69) is 20.7 Å². The fourth-order valence-corrected chi connectivity index (χ4v) is 1.73. The first kappa shape index (κ1) is 11.7. The molecule has 6 heteroatoms. The van der Waals surface area contributed by atoms with E-state index in [0.29, 0.717) is 0 Å². The van der Waals surface area contributed by atoms with Crippen molar-refractivity contribution < 1.29 is 0 Å². The molecule has 3 N–H and O–H groups in total. The lowest BCUT2D eigenvalue weighted by Gasteiger charge is -2.13. The molecular weight excluding hydrogens is 216 g/mol. The molecule has 2 aromatic rings. The Morgan fingerprint density at radius 3 is 2.94 bits per heavy atom. The topological polar surface area (TPSA) is 81.7 Å². The maximum Gasteiger partial charge on any atom is 0.0843 e. The second-order valence-corrected chi connectivity index (χ2v) is 4.02. The third-order valence-corrected chi connectivity index (χ3v) is 2.55. The van der Waals surface area contributed by atoms with E-state index in [1.807, 2.05) is 31.6 Å². The minimum absolute atomic E-state index is 0.135. The molecule has 0 saturated heterocycles. The van der Waals surface area contributed by atoms with Gasteiger partial charge < -0.3 is 0 Å². The number of pyridine rings is 1. The summed E-state index contributed by atoms with van der Waals surface area (Å²) in [4.78, 5) is 4.08. The Hall–Kier alpha value is -1.79. The van der Waals surface area contributed by atoms with E-state index in [0.717, 1.165) is 24.1 Å². The first-order chi connectivity index (χ1) is 8.28. The van der Waals surface area contributed by atoms with Crippen LogP contribution in [-0.2, 0) is 19.9 Å². The summed E-state index contributed by atoms with van der Waals surface area (Å²) in [5.41, 5.74) is 4.89. The largest absolute Gasteiger partial charge is 0.271 e. The van der Waals surface area contributed by atoms with Crippen molar-refractivity contribution in [2.45, 2.75) is 18.9 Å². The van der Waals surface area contributed by atoms with Gasteiger partial charge in [-0.2, -0.15) is 0 Å². The number of rotatable bonds is 5. The van der Waals surface area contributed by atoms with Crippen LogP contribution in [0.25, 0.3) is 0 Å². The molecule has 2 aromatic heterocycles. The van der Waals surface area contributed by atoms with E-state index in [9.17, 15) is 0 Å². The molecule has 0 aliphatic rings. The monoisotopic (exact) mass is 232 g/mol. The zero-order valence-electron chi connectivity index (χ0n) is 9.74. The van der Waals surface area contributed by atoms with E-state index in [1.165, 1.54) is 0 Å². The Balaban J connectivity index is 1.98. The lowest BCUT2D eigenvalue weighted by molar-refractivity contribution is 0.516. The van der Waals surface area contributed by atoms with E-state index in [-0.39, 0.29) is 6.04 Å². The number of aromatic nitrogens is 4. The molecule has 1 unspecified atom stereocenters. The molecule has 2 heterocycles. The van der Waals surface area contributed by atoms with Gasteiger partial charge in [-0.15, -0.1) is 5.10 Å². The van der Waals surface area contributed by atoms with Gasteiger partial charge in [0.2, 0.25) is 0 Å². The quantitative estimate of drug-likeness (QED) is 0.552. The zero-order chi connectivity index (χ0) is 12.1. The lowest BCUT2D eigenvalue weighted by atomic mass is 10.0. The summed E-state index contributed by atoms with van der Waals surface area (Å²) >= 11 is 0. The van der Waals surface area contributed by atoms with Crippen LogP contribution in [0.3, 0.4) is 0 Å². The molecule has 6 nitrogen and oxygen atoms in total. The molecule has 0 spiro atoms. The third-order valence-electron chi connectivity index (χ3n) is 2.55. The van der Waals surface area contributed by atoms with Crippen molar-refractivity contribution in [1.29, 1.82) is 0 Å². The van der Waals surface area contributed by atoms with Crippen molar-refractivity contribution in [2.75, 3.05) is 0 Å². The summed E-state index contributed by atoms with van der Waals surface area (Å²) in [5.74, 6) is 5.55. The molecule has 0 radical (unpaired) electrons. The Labute approximate surface area is 99.8 Å². The predicted molar refractivity (Wildman–Crippen MR) is 63.8 cm³/mol. The maximum atomic E-state index is 5.55. The number of nitrogens with one attached hydrogen (secondary N) is 1. The van der Waals surface area contributed by atoms with Gasteiger partial charge in [0.1, 0.15) is 0 Å². The number of nitrogens with zero attached hydrogens (tertiary/aromatic N) is 4. The van der Waals surface area contributed by atoms with Gasteiger partial charge in [0.25, 0.3) is 0 Å². The fourth-order valence-electron chi connectivity index (χ4n) is 1.73. The number of hydrogen-bond donors (Lipinski definition) is 2. The van der Waals surface area contributed by atoms with Gasteiger partial charge >= 0.3 is 0 Å². The van der Waals surface area contributed by atoms with Gasteiger partial charge in [-0.3, -0.25) is 20.9 Å². The van der Waals surface area contributed by atoms with Crippen LogP contribution >= 0.6 is 0 Å².